The molecule has 1 aromatic carbocycles. The van der Waals surface area contributed by atoms with Gasteiger partial charge in [0.15, 0.2) is 15.6 Å². The van der Waals surface area contributed by atoms with E-state index >= 15 is 0 Å². The highest BCUT2D eigenvalue weighted by Crippen LogP contribution is 2.15. The smallest absolute Gasteiger partial charge is 0.177 e. The van der Waals surface area contributed by atoms with E-state index in [-0.39, 0.29) is 17.6 Å². The van der Waals surface area contributed by atoms with Gasteiger partial charge in [-0.15, -0.1) is 0 Å². The molecule has 19 heavy (non-hydrogen) atoms. The summed E-state index contributed by atoms with van der Waals surface area (Å²) in [5.41, 5.74) is 1.49. The zero-order chi connectivity index (χ0) is 13.9. The van der Waals surface area contributed by atoms with Crippen LogP contribution < -0.4 is 0 Å². The van der Waals surface area contributed by atoms with Crippen LogP contribution in [0.25, 0.3) is 0 Å². The van der Waals surface area contributed by atoms with Gasteiger partial charge in [-0.3, -0.25) is 4.79 Å². The quantitative estimate of drug-likeness (QED) is 0.772. The number of carbonyl (C=O) groups excluding carboxylic acids is 1. The number of benzene rings is 1. The largest absolute Gasteiger partial charge is 0.377 e. The van der Waals surface area contributed by atoms with Gasteiger partial charge in [-0.2, -0.15) is 0 Å². The van der Waals surface area contributed by atoms with Crippen LogP contribution in [0.5, 0.6) is 0 Å². The van der Waals surface area contributed by atoms with E-state index < -0.39 is 15.6 Å². The highest BCUT2D eigenvalue weighted by Gasteiger charge is 2.25. The molecule has 0 bridgehead atoms. The van der Waals surface area contributed by atoms with Crippen LogP contribution in [0.15, 0.2) is 24.3 Å². The molecule has 1 unspecified atom stereocenters. The minimum absolute atomic E-state index is 0.0510. The summed E-state index contributed by atoms with van der Waals surface area (Å²) in [7, 11) is -3.40. The fraction of sp³-hybridized carbons (Fsp3) is 0.500. The molecule has 0 amide bonds. The third kappa shape index (κ3) is 4.14. The highest BCUT2D eigenvalue weighted by atomic mass is 32.2. The Kier molecular flexibility index (Phi) is 4.37. The molecule has 0 spiro atoms. The molecule has 1 saturated heterocycles. The molecule has 4 nitrogen and oxygen atoms in total. The molecule has 1 heterocycles. The molecule has 2 rings (SSSR count). The maximum absolute atomic E-state index is 11.9. The van der Waals surface area contributed by atoms with Crippen molar-refractivity contribution in [3.63, 3.8) is 0 Å². The van der Waals surface area contributed by atoms with Crippen molar-refractivity contribution in [3.05, 3.63) is 35.4 Å². The summed E-state index contributed by atoms with van der Waals surface area (Å²) in [6.07, 6.45) is 1.42. The van der Waals surface area contributed by atoms with E-state index in [2.05, 4.69) is 0 Å². The standard InChI is InChI=1S/C14H18O4S/c1-11-4-6-12(7-5-11)14(15)10-19(16,17)9-13-3-2-8-18-13/h4-7,13H,2-3,8-10H2,1H3. The Hall–Kier alpha value is -1.20. The van der Waals surface area contributed by atoms with Gasteiger partial charge in [0.2, 0.25) is 0 Å². The first-order valence-electron chi connectivity index (χ1n) is 6.38. The lowest BCUT2D eigenvalue weighted by molar-refractivity contribution is 0.102. The summed E-state index contributed by atoms with van der Waals surface area (Å²) in [4.78, 5) is 11.9. The Bertz CT molecular complexity index is 539. The fourth-order valence-corrected chi connectivity index (χ4v) is 3.65. The second kappa shape index (κ2) is 5.84. The van der Waals surface area contributed by atoms with E-state index in [0.717, 1.165) is 18.4 Å². The number of sulfone groups is 1. The summed E-state index contributed by atoms with van der Waals surface area (Å²) in [5.74, 6) is -0.835. The number of ketones is 1. The van der Waals surface area contributed by atoms with Crippen molar-refractivity contribution >= 4 is 15.6 Å². The lowest BCUT2D eigenvalue weighted by Crippen LogP contribution is -2.26. The molecule has 1 aliphatic heterocycles. The minimum atomic E-state index is -3.40. The highest BCUT2D eigenvalue weighted by molar-refractivity contribution is 7.92. The van der Waals surface area contributed by atoms with Crippen molar-refractivity contribution in [2.75, 3.05) is 18.1 Å². The van der Waals surface area contributed by atoms with E-state index in [4.69, 9.17) is 4.74 Å². The average Bonchev–Trinajstić information content (AvgIpc) is 2.81. The second-order valence-corrected chi connectivity index (χ2v) is 7.09. The SMILES string of the molecule is Cc1ccc(C(=O)CS(=O)(=O)CC2CCCO2)cc1. The molecule has 1 aliphatic rings. The predicted molar refractivity (Wildman–Crippen MR) is 73.1 cm³/mol. The summed E-state index contributed by atoms with van der Waals surface area (Å²) in [6.45, 7) is 2.54. The first-order valence-corrected chi connectivity index (χ1v) is 8.20. The molecule has 5 heteroatoms. The van der Waals surface area contributed by atoms with Crippen LogP contribution in [0.2, 0.25) is 0 Å². The molecule has 1 fully saturated rings. The van der Waals surface area contributed by atoms with Gasteiger partial charge in [0.05, 0.1) is 11.9 Å². The second-order valence-electron chi connectivity index (χ2n) is 4.98. The van der Waals surface area contributed by atoms with E-state index in [1.807, 2.05) is 6.92 Å². The van der Waals surface area contributed by atoms with Gasteiger partial charge in [-0.1, -0.05) is 29.8 Å². The molecular formula is C14H18O4S. The molecule has 0 aliphatic carbocycles. The van der Waals surface area contributed by atoms with Crippen molar-refractivity contribution in [1.82, 2.24) is 0 Å². The van der Waals surface area contributed by atoms with Crippen LogP contribution in [0.4, 0.5) is 0 Å². The van der Waals surface area contributed by atoms with Gasteiger partial charge in [-0.05, 0) is 19.8 Å². The van der Waals surface area contributed by atoms with Crippen molar-refractivity contribution in [2.24, 2.45) is 0 Å². The Morgan fingerprint density at radius 1 is 1.32 bits per heavy atom. The van der Waals surface area contributed by atoms with Gasteiger partial charge >= 0.3 is 0 Å². The average molecular weight is 282 g/mol. The van der Waals surface area contributed by atoms with Crippen molar-refractivity contribution in [1.29, 1.82) is 0 Å². The van der Waals surface area contributed by atoms with Gasteiger partial charge in [0, 0.05) is 12.2 Å². The Morgan fingerprint density at radius 3 is 2.58 bits per heavy atom. The van der Waals surface area contributed by atoms with Crippen molar-refractivity contribution in [2.45, 2.75) is 25.9 Å². The molecule has 1 aromatic rings. The number of rotatable bonds is 5. The molecule has 0 saturated carbocycles. The van der Waals surface area contributed by atoms with Gasteiger partial charge < -0.3 is 4.74 Å². The molecule has 0 aromatic heterocycles. The van der Waals surface area contributed by atoms with Gasteiger partial charge in [0.25, 0.3) is 0 Å². The number of carbonyl (C=O) groups is 1. The van der Waals surface area contributed by atoms with Crippen LogP contribution >= 0.6 is 0 Å². The van der Waals surface area contributed by atoms with Crippen molar-refractivity contribution < 1.29 is 17.9 Å². The number of Topliss-reactive ketones (excluding diaryl/α,β-unsaturated/α-hetero) is 1. The topological polar surface area (TPSA) is 60.4 Å². The number of hydrogen-bond acceptors (Lipinski definition) is 4. The van der Waals surface area contributed by atoms with E-state index in [0.29, 0.717) is 12.2 Å². The Balaban J connectivity index is 1.99. The maximum atomic E-state index is 11.9. The monoisotopic (exact) mass is 282 g/mol. The zero-order valence-electron chi connectivity index (χ0n) is 11.0. The van der Waals surface area contributed by atoms with Crippen molar-refractivity contribution in [3.8, 4) is 0 Å². The molecule has 104 valence electrons. The number of aryl methyl sites for hydroxylation is 1. The molecule has 0 radical (unpaired) electrons. The summed E-state index contributed by atoms with van der Waals surface area (Å²) in [5, 5.41) is 0. The van der Waals surface area contributed by atoms with E-state index in [9.17, 15) is 13.2 Å². The van der Waals surface area contributed by atoms with E-state index in [1.165, 1.54) is 0 Å². The number of ether oxygens (including phenoxy) is 1. The van der Waals surface area contributed by atoms with Gasteiger partial charge in [-0.25, -0.2) is 8.42 Å². The summed E-state index contributed by atoms with van der Waals surface area (Å²) >= 11 is 0. The summed E-state index contributed by atoms with van der Waals surface area (Å²) in [6, 6.07) is 6.94. The third-order valence-electron chi connectivity index (χ3n) is 3.19. The first kappa shape index (κ1) is 14.2. The molecule has 1 atom stereocenters. The minimum Gasteiger partial charge on any atom is -0.377 e. The third-order valence-corrected chi connectivity index (χ3v) is 4.77. The fourth-order valence-electron chi connectivity index (χ4n) is 2.14. The Labute approximate surface area is 113 Å². The zero-order valence-corrected chi connectivity index (χ0v) is 11.8. The first-order chi connectivity index (χ1) is 8.96. The molecule has 0 N–H and O–H groups in total. The van der Waals surface area contributed by atoms with E-state index in [1.54, 1.807) is 24.3 Å². The predicted octanol–water partition coefficient (Wildman–Crippen LogP) is 1.77. The van der Waals surface area contributed by atoms with Crippen LogP contribution in [-0.2, 0) is 14.6 Å². The normalized spacial score (nSPS) is 19.5. The Morgan fingerprint density at radius 2 is 2.00 bits per heavy atom. The molecular weight excluding hydrogens is 264 g/mol. The van der Waals surface area contributed by atoms with Crippen LogP contribution in [0.1, 0.15) is 28.8 Å². The van der Waals surface area contributed by atoms with Crippen LogP contribution in [0, 0.1) is 6.92 Å². The lowest BCUT2D eigenvalue weighted by Gasteiger charge is -2.09. The van der Waals surface area contributed by atoms with Crippen LogP contribution in [0.3, 0.4) is 0 Å². The van der Waals surface area contributed by atoms with Gasteiger partial charge in [0.1, 0.15) is 5.75 Å². The summed E-state index contributed by atoms with van der Waals surface area (Å²) < 4.78 is 29.2. The van der Waals surface area contributed by atoms with Crippen LogP contribution in [-0.4, -0.2) is 38.4 Å². The number of hydrogen-bond donors (Lipinski definition) is 0. The lowest BCUT2D eigenvalue weighted by atomic mass is 10.1. The maximum Gasteiger partial charge on any atom is 0.177 e.